The molecule has 0 saturated heterocycles. The first-order valence-corrected chi connectivity index (χ1v) is 12.7. The third kappa shape index (κ3) is 5.61. The molecule has 0 radical (unpaired) electrons. The van der Waals surface area contributed by atoms with Crippen LogP contribution in [-0.2, 0) is 6.42 Å². The van der Waals surface area contributed by atoms with Gasteiger partial charge in [0.2, 0.25) is 0 Å². The fraction of sp³-hybridized carbons (Fsp3) is 0.304. The smallest absolute Gasteiger partial charge is 0.272 e. The van der Waals surface area contributed by atoms with Gasteiger partial charge in [-0.05, 0) is 55.2 Å². The van der Waals surface area contributed by atoms with Gasteiger partial charge in [0, 0.05) is 21.2 Å². The van der Waals surface area contributed by atoms with Crippen LogP contribution >= 0.6 is 46.6 Å². The highest BCUT2D eigenvalue weighted by atomic mass is 35.5. The van der Waals surface area contributed by atoms with E-state index >= 15 is 0 Å². The van der Waals surface area contributed by atoms with Crippen molar-refractivity contribution in [2.75, 3.05) is 18.6 Å². The summed E-state index contributed by atoms with van der Waals surface area (Å²) in [4.78, 5) is 13.2. The monoisotopic (exact) mass is 511 g/mol. The minimum Gasteiger partial charge on any atom is -0.394 e. The molecule has 0 unspecified atom stereocenters. The number of aromatic nitrogens is 2. The zero-order chi connectivity index (χ0) is 23.3. The molecule has 1 amide bonds. The number of hydrogen-bond acceptors (Lipinski definition) is 4. The third-order valence-corrected chi connectivity index (χ3v) is 6.47. The highest BCUT2D eigenvalue weighted by Crippen LogP contribution is 2.34. The van der Waals surface area contributed by atoms with E-state index in [0.717, 1.165) is 22.6 Å². The summed E-state index contributed by atoms with van der Waals surface area (Å²) < 4.78 is 1.67. The molecule has 0 aliphatic carbocycles. The molecule has 1 atom stereocenters. The highest BCUT2D eigenvalue weighted by molar-refractivity contribution is 7.98. The summed E-state index contributed by atoms with van der Waals surface area (Å²) in [7, 11) is 0. The number of carbonyl (C=O) groups excluding carboxylic acids is 1. The van der Waals surface area contributed by atoms with Crippen LogP contribution in [0.3, 0.4) is 0 Å². The van der Waals surface area contributed by atoms with Crippen molar-refractivity contribution in [3.05, 3.63) is 68.8 Å². The fourth-order valence-corrected chi connectivity index (χ4v) is 4.56. The summed E-state index contributed by atoms with van der Waals surface area (Å²) in [5.74, 6) is 0.498. The predicted molar refractivity (Wildman–Crippen MR) is 135 cm³/mol. The number of benzene rings is 2. The summed E-state index contributed by atoms with van der Waals surface area (Å²) in [6, 6.07) is 12.1. The summed E-state index contributed by atoms with van der Waals surface area (Å²) in [6.45, 7) is 1.83. The average Bonchev–Trinajstić information content (AvgIpc) is 3.16. The molecule has 3 rings (SSSR count). The highest BCUT2D eigenvalue weighted by Gasteiger charge is 2.26. The van der Waals surface area contributed by atoms with Crippen molar-refractivity contribution in [2.24, 2.45) is 0 Å². The van der Waals surface area contributed by atoms with Crippen LogP contribution in [0.1, 0.15) is 29.4 Å². The van der Waals surface area contributed by atoms with Crippen molar-refractivity contribution in [3.8, 4) is 16.9 Å². The molecular formula is C23H24Cl3N3O2S. The third-order valence-electron chi connectivity index (χ3n) is 5.03. The van der Waals surface area contributed by atoms with Crippen molar-refractivity contribution >= 4 is 52.5 Å². The topological polar surface area (TPSA) is 67.2 Å². The molecule has 32 heavy (non-hydrogen) atoms. The van der Waals surface area contributed by atoms with Gasteiger partial charge in [-0.1, -0.05) is 53.9 Å². The number of aliphatic hydroxyl groups excluding tert-OH is 1. The summed E-state index contributed by atoms with van der Waals surface area (Å²) >= 11 is 20.3. The van der Waals surface area contributed by atoms with Crippen molar-refractivity contribution in [2.45, 2.75) is 25.8 Å². The van der Waals surface area contributed by atoms with E-state index in [9.17, 15) is 9.90 Å². The van der Waals surface area contributed by atoms with E-state index in [4.69, 9.17) is 34.8 Å². The van der Waals surface area contributed by atoms with Gasteiger partial charge in [0.1, 0.15) is 0 Å². The Hall–Kier alpha value is -1.70. The maximum atomic E-state index is 13.2. The van der Waals surface area contributed by atoms with Crippen LogP contribution < -0.4 is 5.32 Å². The van der Waals surface area contributed by atoms with E-state index in [1.54, 1.807) is 46.8 Å². The maximum Gasteiger partial charge on any atom is 0.272 e. The van der Waals surface area contributed by atoms with E-state index in [1.165, 1.54) is 0 Å². The van der Waals surface area contributed by atoms with E-state index in [2.05, 4.69) is 10.4 Å². The molecule has 5 nitrogen and oxygen atoms in total. The molecule has 3 aromatic rings. The zero-order valence-electron chi connectivity index (χ0n) is 17.7. The Morgan fingerprint density at radius 1 is 1.16 bits per heavy atom. The molecule has 1 heterocycles. The number of halogens is 3. The van der Waals surface area contributed by atoms with Crippen LogP contribution in [-0.4, -0.2) is 45.5 Å². The van der Waals surface area contributed by atoms with E-state index < -0.39 is 0 Å². The lowest BCUT2D eigenvalue weighted by molar-refractivity contribution is 0.0909. The Bertz CT molecular complexity index is 1090. The Kier molecular flexibility index (Phi) is 8.91. The lowest BCUT2D eigenvalue weighted by Crippen LogP contribution is -2.38. The Balaban J connectivity index is 2.14. The predicted octanol–water partition coefficient (Wildman–Crippen LogP) is 5.91. The number of aliphatic hydroxyl groups is 1. The molecule has 0 aliphatic heterocycles. The largest absolute Gasteiger partial charge is 0.394 e. The first kappa shape index (κ1) is 24.9. The van der Waals surface area contributed by atoms with Gasteiger partial charge in [-0.2, -0.15) is 16.9 Å². The molecular weight excluding hydrogens is 489 g/mol. The molecule has 2 N–H and O–H groups in total. The number of carbonyl (C=O) groups is 1. The molecule has 1 aromatic heterocycles. The van der Waals surface area contributed by atoms with E-state index in [-0.39, 0.29) is 18.6 Å². The second-order valence-corrected chi connectivity index (χ2v) is 9.44. The Labute approximate surface area is 207 Å². The van der Waals surface area contributed by atoms with Crippen LogP contribution in [0.2, 0.25) is 15.1 Å². The summed E-state index contributed by atoms with van der Waals surface area (Å²) in [5, 5.41) is 18.8. The van der Waals surface area contributed by atoms with Gasteiger partial charge >= 0.3 is 0 Å². The van der Waals surface area contributed by atoms with Crippen LogP contribution in [0.4, 0.5) is 0 Å². The minimum atomic E-state index is -0.345. The van der Waals surface area contributed by atoms with Crippen molar-refractivity contribution in [3.63, 3.8) is 0 Å². The summed E-state index contributed by atoms with van der Waals surface area (Å²) in [5.41, 5.74) is 3.28. The first-order valence-electron chi connectivity index (χ1n) is 10.1. The van der Waals surface area contributed by atoms with Crippen LogP contribution in [0.5, 0.6) is 0 Å². The lowest BCUT2D eigenvalue weighted by Gasteiger charge is -2.15. The number of amides is 1. The van der Waals surface area contributed by atoms with Crippen molar-refractivity contribution in [1.82, 2.24) is 15.1 Å². The molecule has 2 aromatic carbocycles. The Morgan fingerprint density at radius 2 is 1.84 bits per heavy atom. The van der Waals surface area contributed by atoms with E-state index in [1.807, 2.05) is 25.3 Å². The molecule has 0 aliphatic rings. The second kappa shape index (κ2) is 11.4. The number of rotatable bonds is 9. The van der Waals surface area contributed by atoms with Gasteiger partial charge < -0.3 is 10.4 Å². The number of hydrogen-bond donors (Lipinski definition) is 2. The van der Waals surface area contributed by atoms with Crippen molar-refractivity contribution in [1.29, 1.82) is 0 Å². The van der Waals surface area contributed by atoms with Crippen LogP contribution in [0, 0.1) is 0 Å². The molecule has 9 heteroatoms. The van der Waals surface area contributed by atoms with Gasteiger partial charge in [-0.3, -0.25) is 4.79 Å². The average molecular weight is 513 g/mol. The normalized spacial score (nSPS) is 12.1. The minimum absolute atomic E-state index is 0.137. The van der Waals surface area contributed by atoms with Gasteiger partial charge in [-0.15, -0.1) is 0 Å². The van der Waals surface area contributed by atoms with Gasteiger partial charge in [0.15, 0.2) is 5.69 Å². The van der Waals surface area contributed by atoms with Crippen LogP contribution in [0.15, 0.2) is 42.5 Å². The van der Waals surface area contributed by atoms with Crippen molar-refractivity contribution < 1.29 is 9.90 Å². The quantitative estimate of drug-likeness (QED) is 0.374. The standard InChI is InChI=1S/C23H24Cl3N3O2S/c1-3-18-21(23(31)27-17(13-30)10-11-32-2)28-29(20-9-8-16(25)12-19(20)26)22(18)14-4-6-15(24)7-5-14/h4-9,12,17,30H,3,10-11,13H2,1-2H3,(H,27,31)/t17-/m0/s1. The first-order chi connectivity index (χ1) is 15.4. The van der Waals surface area contributed by atoms with Gasteiger partial charge in [0.05, 0.1) is 29.1 Å². The lowest BCUT2D eigenvalue weighted by atomic mass is 10.0. The molecule has 0 bridgehead atoms. The number of nitrogens with one attached hydrogen (secondary N) is 1. The molecule has 170 valence electrons. The molecule has 0 spiro atoms. The number of thioether (sulfide) groups is 1. The summed E-state index contributed by atoms with van der Waals surface area (Å²) in [6.07, 6.45) is 3.22. The molecule has 0 fully saturated rings. The van der Waals surface area contributed by atoms with Crippen LogP contribution in [0.25, 0.3) is 16.9 Å². The molecule has 0 saturated carbocycles. The zero-order valence-corrected chi connectivity index (χ0v) is 20.8. The second-order valence-electron chi connectivity index (χ2n) is 7.18. The van der Waals surface area contributed by atoms with Gasteiger partial charge in [0.25, 0.3) is 5.91 Å². The SMILES string of the molecule is CCc1c(C(=O)N[C@H](CO)CCSC)nn(-c2ccc(Cl)cc2Cl)c1-c1ccc(Cl)cc1. The van der Waals surface area contributed by atoms with E-state index in [0.29, 0.717) is 39.3 Å². The number of nitrogens with zero attached hydrogens (tertiary/aromatic N) is 2. The fourth-order valence-electron chi connectivity index (χ4n) is 3.42. The van der Waals surface area contributed by atoms with Gasteiger partial charge in [-0.25, -0.2) is 4.68 Å². The Morgan fingerprint density at radius 3 is 2.44 bits per heavy atom. The maximum absolute atomic E-state index is 13.2.